The molecule has 0 saturated heterocycles. The lowest BCUT2D eigenvalue weighted by Crippen LogP contribution is -2.14. The Morgan fingerprint density at radius 1 is 1.48 bits per heavy atom. The van der Waals surface area contributed by atoms with Gasteiger partial charge in [-0.25, -0.2) is 8.42 Å². The molecular weight excluding hydrogens is 376 g/mol. The maximum absolute atomic E-state index is 12.4. The second kappa shape index (κ2) is 6.91. The Kier molecular flexibility index (Phi) is 5.42. The van der Waals surface area contributed by atoms with Gasteiger partial charge in [0.15, 0.2) is 5.82 Å². The van der Waals surface area contributed by atoms with E-state index >= 15 is 0 Å². The van der Waals surface area contributed by atoms with Crippen LogP contribution in [0, 0.1) is 0 Å². The molecule has 0 radical (unpaired) electrons. The molecule has 116 valence electrons. The highest BCUT2D eigenvalue weighted by Crippen LogP contribution is 2.32. The van der Waals surface area contributed by atoms with Crippen LogP contribution in [0.25, 0.3) is 0 Å². The Labute approximate surface area is 136 Å². The standard InChI is InChI=1S/C12H17BrN4O2S2/c1-3-5-14-8-9-7-10(12(13)20-9)21(18,19)16-11-4-6-17(2)15-11/h4,6-7,14H,3,5,8H2,1-2H3,(H,15,16). The average Bonchev–Trinajstić information content (AvgIpc) is 2.96. The van der Waals surface area contributed by atoms with Gasteiger partial charge in [-0.2, -0.15) is 5.10 Å². The van der Waals surface area contributed by atoms with Gasteiger partial charge in [0.25, 0.3) is 10.0 Å². The van der Waals surface area contributed by atoms with E-state index in [1.54, 1.807) is 30.1 Å². The molecule has 0 saturated carbocycles. The van der Waals surface area contributed by atoms with Crippen LogP contribution in [0.1, 0.15) is 18.2 Å². The van der Waals surface area contributed by atoms with E-state index in [0.717, 1.165) is 17.8 Å². The third-order valence-electron chi connectivity index (χ3n) is 2.67. The summed E-state index contributed by atoms with van der Waals surface area (Å²) in [4.78, 5) is 1.21. The monoisotopic (exact) mass is 392 g/mol. The number of thiophene rings is 1. The first-order valence-electron chi connectivity index (χ1n) is 6.43. The first-order chi connectivity index (χ1) is 9.92. The summed E-state index contributed by atoms with van der Waals surface area (Å²) in [5, 5.41) is 7.28. The van der Waals surface area contributed by atoms with Gasteiger partial charge in [-0.1, -0.05) is 6.92 Å². The van der Waals surface area contributed by atoms with Crippen LogP contribution < -0.4 is 10.0 Å². The molecule has 0 unspecified atom stereocenters. The van der Waals surface area contributed by atoms with Crippen molar-refractivity contribution in [2.24, 2.45) is 7.05 Å². The van der Waals surface area contributed by atoms with Crippen LogP contribution in [0.5, 0.6) is 0 Å². The predicted octanol–water partition coefficient (Wildman–Crippen LogP) is 2.54. The highest BCUT2D eigenvalue weighted by molar-refractivity contribution is 9.11. The summed E-state index contributed by atoms with van der Waals surface area (Å²) >= 11 is 4.74. The number of nitrogens with one attached hydrogen (secondary N) is 2. The van der Waals surface area contributed by atoms with Crippen LogP contribution in [-0.4, -0.2) is 24.7 Å². The second-order valence-corrected chi connectivity index (χ2v) is 8.61. The predicted molar refractivity (Wildman–Crippen MR) is 88.0 cm³/mol. The highest BCUT2D eigenvalue weighted by atomic mass is 79.9. The lowest BCUT2D eigenvalue weighted by atomic mass is 10.4. The summed E-state index contributed by atoms with van der Waals surface area (Å²) in [5.74, 6) is 0.307. The van der Waals surface area contributed by atoms with Crippen molar-refractivity contribution in [1.82, 2.24) is 15.1 Å². The molecule has 21 heavy (non-hydrogen) atoms. The molecule has 0 atom stereocenters. The Morgan fingerprint density at radius 2 is 2.24 bits per heavy atom. The number of aryl methyl sites for hydroxylation is 1. The van der Waals surface area contributed by atoms with E-state index in [0.29, 0.717) is 16.1 Å². The van der Waals surface area contributed by atoms with Gasteiger partial charge in [-0.3, -0.25) is 9.40 Å². The van der Waals surface area contributed by atoms with Gasteiger partial charge in [0, 0.05) is 30.7 Å². The van der Waals surface area contributed by atoms with Gasteiger partial charge >= 0.3 is 0 Å². The van der Waals surface area contributed by atoms with Crippen molar-refractivity contribution in [3.05, 3.63) is 27.0 Å². The molecule has 0 aromatic carbocycles. The molecule has 2 N–H and O–H groups in total. The zero-order valence-corrected chi connectivity index (χ0v) is 15.0. The molecule has 2 rings (SSSR count). The number of aromatic nitrogens is 2. The van der Waals surface area contributed by atoms with Crippen LogP contribution in [-0.2, 0) is 23.6 Å². The molecule has 9 heteroatoms. The summed E-state index contributed by atoms with van der Waals surface area (Å²) < 4.78 is 29.4. The van der Waals surface area contributed by atoms with E-state index in [1.807, 2.05) is 0 Å². The number of halogens is 1. The number of nitrogens with zero attached hydrogens (tertiary/aromatic N) is 2. The second-order valence-electron chi connectivity index (χ2n) is 4.51. The van der Waals surface area contributed by atoms with Crippen molar-refractivity contribution in [1.29, 1.82) is 0 Å². The number of hydrogen-bond acceptors (Lipinski definition) is 5. The topological polar surface area (TPSA) is 76.0 Å². The molecule has 0 aliphatic heterocycles. The number of rotatable bonds is 7. The normalized spacial score (nSPS) is 11.8. The Morgan fingerprint density at radius 3 is 2.86 bits per heavy atom. The van der Waals surface area contributed by atoms with Crippen LogP contribution in [0.15, 0.2) is 27.0 Å². The maximum Gasteiger partial charge on any atom is 0.265 e. The molecular formula is C12H17BrN4O2S2. The van der Waals surface area contributed by atoms with Gasteiger partial charge in [0.2, 0.25) is 0 Å². The summed E-state index contributed by atoms with van der Waals surface area (Å²) in [6, 6.07) is 3.30. The van der Waals surface area contributed by atoms with Gasteiger partial charge < -0.3 is 5.32 Å². The van der Waals surface area contributed by atoms with Crippen molar-refractivity contribution in [2.75, 3.05) is 11.3 Å². The van der Waals surface area contributed by atoms with Crippen LogP contribution in [0.2, 0.25) is 0 Å². The van der Waals surface area contributed by atoms with Gasteiger partial charge in [-0.15, -0.1) is 11.3 Å². The zero-order valence-electron chi connectivity index (χ0n) is 11.8. The van der Waals surface area contributed by atoms with Crippen molar-refractivity contribution in [3.8, 4) is 0 Å². The van der Waals surface area contributed by atoms with Crippen molar-refractivity contribution in [2.45, 2.75) is 24.8 Å². The summed E-state index contributed by atoms with van der Waals surface area (Å²) in [6.45, 7) is 3.66. The van der Waals surface area contributed by atoms with Crippen molar-refractivity contribution in [3.63, 3.8) is 0 Å². The molecule has 2 aromatic rings. The molecule has 0 spiro atoms. The van der Waals surface area contributed by atoms with E-state index in [-0.39, 0.29) is 4.90 Å². The first kappa shape index (κ1) is 16.5. The molecule has 6 nitrogen and oxygen atoms in total. The van der Waals surface area contributed by atoms with Crippen LogP contribution in [0.4, 0.5) is 5.82 Å². The third-order valence-corrected chi connectivity index (χ3v) is 6.28. The van der Waals surface area contributed by atoms with E-state index in [4.69, 9.17) is 0 Å². The molecule has 0 amide bonds. The maximum atomic E-state index is 12.4. The van der Waals surface area contributed by atoms with E-state index in [2.05, 4.69) is 38.0 Å². The van der Waals surface area contributed by atoms with Crippen molar-refractivity contribution < 1.29 is 8.42 Å². The van der Waals surface area contributed by atoms with E-state index in [9.17, 15) is 8.42 Å². The molecule has 2 aromatic heterocycles. The van der Waals surface area contributed by atoms with E-state index in [1.165, 1.54) is 11.3 Å². The summed E-state index contributed by atoms with van der Waals surface area (Å²) in [7, 11) is -1.90. The average molecular weight is 393 g/mol. The van der Waals surface area contributed by atoms with Gasteiger partial charge in [-0.05, 0) is 35.0 Å². The Balaban J connectivity index is 2.16. The largest absolute Gasteiger partial charge is 0.312 e. The fraction of sp³-hybridized carbons (Fsp3) is 0.417. The smallest absolute Gasteiger partial charge is 0.265 e. The minimum absolute atomic E-state index is 0.242. The zero-order chi connectivity index (χ0) is 15.5. The quantitative estimate of drug-likeness (QED) is 0.709. The first-order valence-corrected chi connectivity index (χ1v) is 9.53. The minimum atomic E-state index is -3.63. The van der Waals surface area contributed by atoms with Gasteiger partial charge in [0.05, 0.1) is 3.79 Å². The fourth-order valence-electron chi connectivity index (χ4n) is 1.72. The van der Waals surface area contributed by atoms with Gasteiger partial charge in [0.1, 0.15) is 4.90 Å². The molecule has 0 fully saturated rings. The molecule has 2 heterocycles. The van der Waals surface area contributed by atoms with Crippen molar-refractivity contribution >= 4 is 43.1 Å². The van der Waals surface area contributed by atoms with Crippen LogP contribution >= 0.6 is 27.3 Å². The Hall–Kier alpha value is -0.900. The lowest BCUT2D eigenvalue weighted by Gasteiger charge is -2.03. The molecule has 0 aliphatic rings. The minimum Gasteiger partial charge on any atom is -0.312 e. The number of hydrogen-bond donors (Lipinski definition) is 2. The lowest BCUT2D eigenvalue weighted by molar-refractivity contribution is 0.600. The summed E-state index contributed by atoms with van der Waals surface area (Å²) in [6.07, 6.45) is 2.72. The third kappa shape index (κ3) is 4.29. The number of anilines is 1. The summed E-state index contributed by atoms with van der Waals surface area (Å²) in [5.41, 5.74) is 0. The highest BCUT2D eigenvalue weighted by Gasteiger charge is 2.21. The fourth-order valence-corrected chi connectivity index (χ4v) is 5.37. The Bertz CT molecular complexity index is 709. The van der Waals surface area contributed by atoms with Crippen LogP contribution in [0.3, 0.4) is 0 Å². The molecule has 0 bridgehead atoms. The van der Waals surface area contributed by atoms with E-state index < -0.39 is 10.0 Å². The SMILES string of the molecule is CCCNCc1cc(S(=O)(=O)Nc2ccn(C)n2)c(Br)s1. The molecule has 0 aliphatic carbocycles. The number of sulfonamides is 1.